The lowest BCUT2D eigenvalue weighted by molar-refractivity contribution is -0.546. The molecule has 0 radical (unpaired) electrons. The minimum atomic E-state index is 1.10. The van der Waals surface area contributed by atoms with Crippen molar-refractivity contribution in [2.24, 2.45) is 0 Å². The zero-order valence-electron chi connectivity index (χ0n) is 25.0. The molecule has 0 saturated carbocycles. The summed E-state index contributed by atoms with van der Waals surface area (Å²) in [5, 5.41) is 4.74. The lowest BCUT2D eigenvalue weighted by atomic mass is 9.96. The molecule has 0 aliphatic carbocycles. The second-order valence-electron chi connectivity index (χ2n) is 11.5. The van der Waals surface area contributed by atoms with Crippen molar-refractivity contribution < 1.29 is 9.13 Å². The Balaban J connectivity index is 1.35. The zero-order valence-corrected chi connectivity index (χ0v) is 25.0. The number of hydrogen-bond donors (Lipinski definition) is 0. The molecule has 0 unspecified atom stereocenters. The van der Waals surface area contributed by atoms with Crippen LogP contribution in [0.25, 0.3) is 77.2 Å². The highest BCUT2D eigenvalue weighted by molar-refractivity contribution is 6.08. The van der Waals surface area contributed by atoms with Crippen molar-refractivity contribution >= 4 is 43.6 Å². The Kier molecular flexibility index (Phi) is 6.10. The van der Waals surface area contributed by atoms with Gasteiger partial charge in [-0.05, 0) is 42.5 Å². The van der Waals surface area contributed by atoms with Gasteiger partial charge in [-0.2, -0.15) is 9.13 Å². The van der Waals surface area contributed by atoms with E-state index in [-0.39, 0.29) is 0 Å². The molecule has 4 heteroatoms. The quantitative estimate of drug-likeness (QED) is 0.152. The summed E-state index contributed by atoms with van der Waals surface area (Å²) in [4.78, 5) is 8.93. The minimum Gasteiger partial charge on any atom is -0.264 e. The van der Waals surface area contributed by atoms with E-state index >= 15 is 0 Å². The topological polar surface area (TPSA) is 33.5 Å². The van der Waals surface area contributed by atoms with E-state index in [1.807, 2.05) is 36.9 Å². The highest BCUT2D eigenvalue weighted by atomic mass is 15.0. The molecule has 0 N–H and O–H groups in total. The Bertz CT molecular complexity index is 2290. The van der Waals surface area contributed by atoms with Gasteiger partial charge in [0.15, 0.2) is 0 Å². The van der Waals surface area contributed by atoms with Crippen molar-refractivity contribution in [2.75, 3.05) is 0 Å². The Morgan fingerprint density at radius 1 is 0.348 bits per heavy atom. The van der Waals surface area contributed by atoms with Gasteiger partial charge in [0.1, 0.15) is 0 Å². The molecule has 0 fully saturated rings. The Morgan fingerprint density at radius 2 is 0.717 bits per heavy atom. The fraction of sp³-hybridized carbons (Fsp3) is 0. The number of nitrogens with zero attached hydrogens (tertiary/aromatic N) is 4. The summed E-state index contributed by atoms with van der Waals surface area (Å²) < 4.78 is 4.78. The van der Waals surface area contributed by atoms with Gasteiger partial charge in [0.05, 0.1) is 27.6 Å². The number of hydrogen-bond acceptors (Lipinski definition) is 2. The smallest absolute Gasteiger partial charge is 0.219 e. The predicted octanol–water partition coefficient (Wildman–Crippen LogP) is 8.98. The third kappa shape index (κ3) is 4.08. The minimum absolute atomic E-state index is 1.10. The first kappa shape index (κ1) is 26.2. The third-order valence-electron chi connectivity index (χ3n) is 8.90. The molecule has 0 atom stereocenters. The maximum absolute atomic E-state index is 4.46. The number of para-hydroxylation sites is 4. The molecule has 0 saturated heterocycles. The van der Waals surface area contributed by atoms with Crippen LogP contribution in [0.3, 0.4) is 0 Å². The summed E-state index contributed by atoms with van der Waals surface area (Å²) in [5.74, 6) is 0. The molecule has 0 spiro atoms. The van der Waals surface area contributed by atoms with Gasteiger partial charge in [-0.25, -0.2) is 0 Å². The molecule has 0 bridgehead atoms. The highest BCUT2D eigenvalue weighted by Crippen LogP contribution is 2.36. The van der Waals surface area contributed by atoms with Gasteiger partial charge >= 0.3 is 0 Å². The van der Waals surface area contributed by atoms with E-state index in [0.717, 1.165) is 44.6 Å². The molecule has 4 heterocycles. The van der Waals surface area contributed by atoms with Gasteiger partial charge in [-0.15, -0.1) is 0 Å². The normalized spacial score (nSPS) is 11.5. The number of fused-ring (bicyclic) bond motifs is 4. The van der Waals surface area contributed by atoms with Crippen molar-refractivity contribution in [3.63, 3.8) is 0 Å². The molecule has 9 aromatic rings. The summed E-state index contributed by atoms with van der Waals surface area (Å²) in [5.41, 5.74) is 11.4. The lowest BCUT2D eigenvalue weighted by Crippen LogP contribution is -2.36. The van der Waals surface area contributed by atoms with E-state index in [4.69, 9.17) is 0 Å². The van der Waals surface area contributed by atoms with Crippen molar-refractivity contribution in [2.45, 2.75) is 0 Å². The predicted molar refractivity (Wildman–Crippen MR) is 186 cm³/mol. The first-order valence-corrected chi connectivity index (χ1v) is 15.5. The van der Waals surface area contributed by atoms with E-state index in [1.165, 1.54) is 32.7 Å². The molecule has 0 aliphatic heterocycles. The van der Waals surface area contributed by atoms with Crippen LogP contribution in [0.1, 0.15) is 0 Å². The molecule has 0 amide bonds. The van der Waals surface area contributed by atoms with Crippen molar-refractivity contribution in [3.05, 3.63) is 170 Å². The molecular weight excluding hydrogens is 560 g/mol. The van der Waals surface area contributed by atoms with Crippen LogP contribution in [-0.4, -0.2) is 9.97 Å². The van der Waals surface area contributed by atoms with Crippen LogP contribution in [0.5, 0.6) is 0 Å². The summed E-state index contributed by atoms with van der Waals surface area (Å²) in [6.45, 7) is 0. The SMILES string of the molecule is c1cncc(-c2c3ccccc3[n+](-c3cccc(-[n+]4c5ccccc5c(-c5cccnc5)c5ccccc54)c3)c3ccccc23)c1. The molecule has 9 rings (SSSR count). The van der Waals surface area contributed by atoms with E-state index in [1.54, 1.807) is 0 Å². The largest absolute Gasteiger partial charge is 0.264 e. The van der Waals surface area contributed by atoms with Gasteiger partial charge in [0.2, 0.25) is 33.4 Å². The van der Waals surface area contributed by atoms with Crippen molar-refractivity contribution in [3.8, 4) is 33.6 Å². The summed E-state index contributed by atoms with van der Waals surface area (Å²) in [7, 11) is 0. The van der Waals surface area contributed by atoms with Gasteiger partial charge in [0.25, 0.3) is 0 Å². The monoisotopic (exact) mass is 588 g/mol. The summed E-state index contributed by atoms with van der Waals surface area (Å²) in [6.07, 6.45) is 7.58. The average molecular weight is 589 g/mol. The summed E-state index contributed by atoms with van der Waals surface area (Å²) >= 11 is 0. The Labute approximate surface area is 266 Å². The van der Waals surface area contributed by atoms with Crippen LogP contribution in [0.15, 0.2) is 170 Å². The van der Waals surface area contributed by atoms with Crippen molar-refractivity contribution in [1.29, 1.82) is 0 Å². The molecule has 214 valence electrons. The van der Waals surface area contributed by atoms with Gasteiger partial charge in [0, 0.05) is 83.4 Å². The van der Waals surface area contributed by atoms with Crippen molar-refractivity contribution in [1.82, 2.24) is 9.97 Å². The maximum Gasteiger partial charge on any atom is 0.219 e. The fourth-order valence-electron chi connectivity index (χ4n) is 7.04. The standard InChI is InChI=1S/C42H28N4/c1-5-20-37-33(16-1)41(29-12-10-24-43-27-29)34-17-2-6-21-38(34)45(37)31-14-9-15-32(26-31)46-39-22-7-3-18-35(39)42(30-13-11-25-44-28-30)36-19-4-8-23-40(36)46/h1-28H/q+2. The molecule has 4 aromatic heterocycles. The number of benzene rings is 5. The average Bonchev–Trinajstić information content (AvgIpc) is 3.13. The number of rotatable bonds is 4. The highest BCUT2D eigenvalue weighted by Gasteiger charge is 2.27. The second kappa shape index (κ2) is 10.7. The maximum atomic E-state index is 4.46. The Morgan fingerprint density at radius 3 is 1.07 bits per heavy atom. The van der Waals surface area contributed by atoms with Crippen LogP contribution >= 0.6 is 0 Å². The number of pyridine rings is 4. The first-order valence-electron chi connectivity index (χ1n) is 15.5. The van der Waals surface area contributed by atoms with Gasteiger partial charge < -0.3 is 0 Å². The van der Waals surface area contributed by atoms with Gasteiger partial charge in [-0.1, -0.05) is 60.7 Å². The molecule has 5 aromatic carbocycles. The lowest BCUT2D eigenvalue weighted by Gasteiger charge is -2.13. The second-order valence-corrected chi connectivity index (χ2v) is 11.5. The van der Waals surface area contributed by atoms with E-state index in [9.17, 15) is 0 Å². The van der Waals surface area contributed by atoms with E-state index < -0.39 is 0 Å². The molecule has 46 heavy (non-hydrogen) atoms. The van der Waals surface area contributed by atoms with Crippen LogP contribution < -0.4 is 9.13 Å². The van der Waals surface area contributed by atoms with E-state index in [0.29, 0.717) is 0 Å². The number of aromatic nitrogens is 4. The summed E-state index contributed by atoms with van der Waals surface area (Å²) in [6, 6.07) is 51.9. The van der Waals surface area contributed by atoms with Crippen LogP contribution in [0.2, 0.25) is 0 Å². The Hall–Kier alpha value is -6.26. The fourth-order valence-corrected chi connectivity index (χ4v) is 7.04. The third-order valence-corrected chi connectivity index (χ3v) is 8.90. The van der Waals surface area contributed by atoms with E-state index in [2.05, 4.69) is 153 Å². The van der Waals surface area contributed by atoms with Crippen LogP contribution in [-0.2, 0) is 0 Å². The van der Waals surface area contributed by atoms with Crippen LogP contribution in [0.4, 0.5) is 0 Å². The van der Waals surface area contributed by atoms with Gasteiger partial charge in [-0.3, -0.25) is 9.97 Å². The first-order chi connectivity index (χ1) is 22.9. The molecule has 4 nitrogen and oxygen atoms in total. The molecular formula is C42H28N4+2. The zero-order chi connectivity index (χ0) is 30.5. The molecule has 0 aliphatic rings. The van der Waals surface area contributed by atoms with Crippen LogP contribution in [0, 0.1) is 0 Å².